The van der Waals surface area contributed by atoms with Gasteiger partial charge in [0.25, 0.3) is 0 Å². The number of nitrogens with two attached hydrogens (primary N) is 1. The summed E-state index contributed by atoms with van der Waals surface area (Å²) in [6.45, 7) is 4.34. The highest BCUT2D eigenvalue weighted by Gasteiger charge is 1.96. The third-order valence-electron chi connectivity index (χ3n) is 1.60. The minimum Gasteiger partial charge on any atom is -0.366 e. The van der Waals surface area contributed by atoms with Crippen molar-refractivity contribution in [3.63, 3.8) is 0 Å². The molecular formula is C9H17NO. The highest BCUT2D eigenvalue weighted by Crippen LogP contribution is 2.09. The Labute approximate surface area is 68.5 Å². The van der Waals surface area contributed by atoms with Crippen molar-refractivity contribution in [2.24, 2.45) is 11.7 Å². The largest absolute Gasteiger partial charge is 0.366 e. The van der Waals surface area contributed by atoms with Crippen LogP contribution in [0.15, 0.2) is 12.2 Å². The van der Waals surface area contributed by atoms with Crippen molar-refractivity contribution in [1.29, 1.82) is 0 Å². The van der Waals surface area contributed by atoms with Gasteiger partial charge in [-0.1, -0.05) is 32.8 Å². The van der Waals surface area contributed by atoms with Gasteiger partial charge in [-0.05, 0) is 18.4 Å². The number of primary amides is 1. The van der Waals surface area contributed by atoms with Crippen LogP contribution in [-0.2, 0) is 4.79 Å². The average molecular weight is 155 g/mol. The van der Waals surface area contributed by atoms with Gasteiger partial charge < -0.3 is 5.73 Å². The Balaban J connectivity index is 3.44. The van der Waals surface area contributed by atoms with Crippen LogP contribution in [0.1, 0.15) is 33.1 Å². The molecule has 0 aromatic heterocycles. The molecule has 0 aromatic rings. The summed E-state index contributed by atoms with van der Waals surface area (Å²) in [6, 6.07) is 0. The van der Waals surface area contributed by atoms with Crippen molar-refractivity contribution in [2.45, 2.75) is 33.1 Å². The molecule has 0 saturated heterocycles. The minimum absolute atomic E-state index is 0.353. The van der Waals surface area contributed by atoms with Gasteiger partial charge in [0.1, 0.15) is 0 Å². The molecule has 11 heavy (non-hydrogen) atoms. The summed E-state index contributed by atoms with van der Waals surface area (Å²) in [7, 11) is 0. The fourth-order valence-electron chi connectivity index (χ4n) is 1.03. The molecule has 0 bridgehead atoms. The van der Waals surface area contributed by atoms with Crippen LogP contribution in [0.2, 0.25) is 0 Å². The molecule has 0 aliphatic carbocycles. The maximum atomic E-state index is 10.3. The van der Waals surface area contributed by atoms with Crippen molar-refractivity contribution in [1.82, 2.24) is 0 Å². The number of carbonyl (C=O) groups is 1. The number of carbonyl (C=O) groups excluding carboxylic acids is 1. The zero-order valence-corrected chi connectivity index (χ0v) is 7.34. The van der Waals surface area contributed by atoms with E-state index in [0.717, 1.165) is 6.42 Å². The third kappa shape index (κ3) is 7.10. The second-order valence-corrected chi connectivity index (χ2v) is 2.93. The number of hydrogen-bond donors (Lipinski definition) is 1. The van der Waals surface area contributed by atoms with Gasteiger partial charge in [-0.25, -0.2) is 0 Å². The van der Waals surface area contributed by atoms with E-state index in [2.05, 4.69) is 13.8 Å². The summed E-state index contributed by atoms with van der Waals surface area (Å²) in [5, 5.41) is 0. The van der Waals surface area contributed by atoms with Gasteiger partial charge in [-0.3, -0.25) is 4.79 Å². The highest BCUT2D eigenvalue weighted by atomic mass is 16.1. The molecule has 1 amide bonds. The van der Waals surface area contributed by atoms with Crippen molar-refractivity contribution in [3.8, 4) is 0 Å². The number of allylic oxidation sites excluding steroid dienone is 1. The molecule has 0 aliphatic heterocycles. The van der Waals surface area contributed by atoms with E-state index < -0.39 is 0 Å². The molecule has 2 nitrogen and oxygen atoms in total. The van der Waals surface area contributed by atoms with E-state index in [4.69, 9.17) is 5.73 Å². The smallest absolute Gasteiger partial charge is 0.241 e. The van der Waals surface area contributed by atoms with Gasteiger partial charge in [-0.2, -0.15) is 0 Å². The molecule has 0 aliphatic rings. The first-order valence-corrected chi connectivity index (χ1v) is 4.12. The summed E-state index contributed by atoms with van der Waals surface area (Å²) in [6.07, 6.45) is 6.65. The Morgan fingerprint density at radius 2 is 2.27 bits per heavy atom. The molecule has 0 spiro atoms. The first-order chi connectivity index (χ1) is 5.16. The first-order valence-electron chi connectivity index (χ1n) is 4.12. The molecule has 0 unspecified atom stereocenters. The zero-order chi connectivity index (χ0) is 8.69. The number of amides is 1. The van der Waals surface area contributed by atoms with E-state index >= 15 is 0 Å². The Bertz CT molecular complexity index is 140. The van der Waals surface area contributed by atoms with Crippen molar-refractivity contribution in [3.05, 3.63) is 12.2 Å². The first kappa shape index (κ1) is 10.2. The summed E-state index contributed by atoms with van der Waals surface area (Å²) >= 11 is 0. The van der Waals surface area contributed by atoms with Crippen LogP contribution in [0.3, 0.4) is 0 Å². The predicted molar refractivity (Wildman–Crippen MR) is 47.0 cm³/mol. The fourth-order valence-corrected chi connectivity index (χ4v) is 1.03. The molecule has 0 aromatic carbocycles. The van der Waals surface area contributed by atoms with Crippen molar-refractivity contribution < 1.29 is 4.79 Å². The second-order valence-electron chi connectivity index (χ2n) is 2.93. The fraction of sp³-hybridized carbons (Fsp3) is 0.667. The molecule has 0 saturated carbocycles. The van der Waals surface area contributed by atoms with Crippen LogP contribution < -0.4 is 5.73 Å². The monoisotopic (exact) mass is 155 g/mol. The Kier molecular flexibility index (Phi) is 5.53. The number of rotatable bonds is 5. The van der Waals surface area contributed by atoms with Crippen LogP contribution in [0.25, 0.3) is 0 Å². The van der Waals surface area contributed by atoms with E-state index in [0.29, 0.717) is 5.92 Å². The molecule has 0 heterocycles. The Morgan fingerprint density at radius 3 is 2.73 bits per heavy atom. The Morgan fingerprint density at radius 1 is 1.64 bits per heavy atom. The quantitative estimate of drug-likeness (QED) is 0.605. The molecule has 2 N–H and O–H groups in total. The van der Waals surface area contributed by atoms with Crippen LogP contribution in [-0.4, -0.2) is 5.91 Å². The van der Waals surface area contributed by atoms with Crippen molar-refractivity contribution >= 4 is 5.91 Å². The topological polar surface area (TPSA) is 43.1 Å². The lowest BCUT2D eigenvalue weighted by Crippen LogP contribution is -2.05. The van der Waals surface area contributed by atoms with Gasteiger partial charge in [-0.15, -0.1) is 0 Å². The SMILES string of the molecule is CCC[C@@H](C)C/C=C/C(N)=O. The highest BCUT2D eigenvalue weighted by molar-refractivity contribution is 5.85. The molecule has 0 rings (SSSR count). The van der Waals surface area contributed by atoms with Gasteiger partial charge in [0, 0.05) is 0 Å². The lowest BCUT2D eigenvalue weighted by molar-refractivity contribution is -0.113. The summed E-state index contributed by atoms with van der Waals surface area (Å²) < 4.78 is 0. The van der Waals surface area contributed by atoms with Crippen LogP contribution in [0.4, 0.5) is 0 Å². The molecular weight excluding hydrogens is 138 g/mol. The predicted octanol–water partition coefficient (Wildman–Crippen LogP) is 1.85. The normalized spacial score (nSPS) is 13.6. The van der Waals surface area contributed by atoms with Crippen LogP contribution in [0, 0.1) is 5.92 Å². The maximum Gasteiger partial charge on any atom is 0.241 e. The van der Waals surface area contributed by atoms with Gasteiger partial charge >= 0.3 is 0 Å². The molecule has 0 radical (unpaired) electrons. The lowest BCUT2D eigenvalue weighted by atomic mass is 10.0. The van der Waals surface area contributed by atoms with Gasteiger partial charge in [0.15, 0.2) is 0 Å². The van der Waals surface area contributed by atoms with Gasteiger partial charge in [0.2, 0.25) is 5.91 Å². The van der Waals surface area contributed by atoms with E-state index in [1.165, 1.54) is 18.9 Å². The van der Waals surface area contributed by atoms with E-state index in [-0.39, 0.29) is 5.91 Å². The Hall–Kier alpha value is -0.790. The van der Waals surface area contributed by atoms with Crippen molar-refractivity contribution in [2.75, 3.05) is 0 Å². The van der Waals surface area contributed by atoms with Crippen LogP contribution in [0.5, 0.6) is 0 Å². The zero-order valence-electron chi connectivity index (χ0n) is 7.34. The molecule has 0 fully saturated rings. The van der Waals surface area contributed by atoms with Gasteiger partial charge in [0.05, 0.1) is 0 Å². The summed E-state index contributed by atoms with van der Waals surface area (Å²) in [5.41, 5.74) is 4.93. The summed E-state index contributed by atoms with van der Waals surface area (Å²) in [5.74, 6) is 0.310. The molecule has 64 valence electrons. The molecule has 2 heteroatoms. The summed E-state index contributed by atoms with van der Waals surface area (Å²) in [4.78, 5) is 10.3. The lowest BCUT2D eigenvalue weighted by Gasteiger charge is -2.04. The number of hydrogen-bond acceptors (Lipinski definition) is 1. The minimum atomic E-state index is -0.353. The van der Waals surface area contributed by atoms with E-state index in [1.807, 2.05) is 6.08 Å². The van der Waals surface area contributed by atoms with E-state index in [9.17, 15) is 4.79 Å². The van der Waals surface area contributed by atoms with E-state index in [1.54, 1.807) is 0 Å². The maximum absolute atomic E-state index is 10.3. The standard InChI is InChI=1S/C9H17NO/c1-3-5-8(2)6-4-7-9(10)11/h4,7-8H,3,5-6H2,1-2H3,(H2,10,11)/b7-4+/t8-/m1/s1. The average Bonchev–Trinajstić information content (AvgIpc) is 1.87. The van der Waals surface area contributed by atoms with Crippen LogP contribution >= 0.6 is 0 Å². The third-order valence-corrected chi connectivity index (χ3v) is 1.60. The molecule has 1 atom stereocenters. The second kappa shape index (κ2) is 5.96.